The maximum Gasteiger partial charge on any atom is 0.196 e. The van der Waals surface area contributed by atoms with Gasteiger partial charge in [-0.2, -0.15) is 0 Å². The number of hydrogen-bond donors (Lipinski definition) is 0. The first kappa shape index (κ1) is 18.5. The summed E-state index contributed by atoms with van der Waals surface area (Å²) in [5.41, 5.74) is 2.71. The van der Waals surface area contributed by atoms with Gasteiger partial charge in [-0.3, -0.25) is 4.79 Å². The number of ether oxygens (including phenoxy) is 2. The van der Waals surface area contributed by atoms with Crippen molar-refractivity contribution in [2.24, 2.45) is 0 Å². The van der Waals surface area contributed by atoms with Gasteiger partial charge in [0.1, 0.15) is 18.1 Å². The maximum absolute atomic E-state index is 13.2. The number of carbonyl (C=O) groups is 2. The monoisotopic (exact) mass is 385 g/mol. The van der Waals surface area contributed by atoms with Crippen molar-refractivity contribution in [2.45, 2.75) is 6.10 Å². The smallest absolute Gasteiger partial charge is 0.196 e. The molecule has 1 heterocycles. The van der Waals surface area contributed by atoms with Gasteiger partial charge in [0.25, 0.3) is 0 Å². The molecule has 0 radical (unpaired) electrons. The number of carboxylic acid groups (broad SMARTS) is 1. The van der Waals surface area contributed by atoms with E-state index in [1.807, 2.05) is 42.5 Å². The molecule has 3 aromatic carbocycles. The van der Waals surface area contributed by atoms with Crippen LogP contribution >= 0.6 is 0 Å². The first-order valence-corrected chi connectivity index (χ1v) is 9.11. The van der Waals surface area contributed by atoms with Crippen molar-refractivity contribution < 1.29 is 24.2 Å². The Bertz CT molecular complexity index is 1070. The molecular weight excluding hydrogens is 368 g/mol. The normalized spacial score (nSPS) is 16.8. The fourth-order valence-electron chi connectivity index (χ4n) is 3.22. The van der Waals surface area contributed by atoms with E-state index >= 15 is 0 Å². The molecular formula is C24H17O5-. The molecule has 0 fully saturated rings. The van der Waals surface area contributed by atoms with Gasteiger partial charge in [0.2, 0.25) is 0 Å². The van der Waals surface area contributed by atoms with E-state index < -0.39 is 18.7 Å². The average molecular weight is 385 g/mol. The summed E-state index contributed by atoms with van der Waals surface area (Å²) < 4.78 is 11.3. The second-order valence-corrected chi connectivity index (χ2v) is 6.56. The number of hydrogen-bond acceptors (Lipinski definition) is 5. The summed E-state index contributed by atoms with van der Waals surface area (Å²) >= 11 is 0. The van der Waals surface area contributed by atoms with Crippen molar-refractivity contribution in [3.8, 4) is 11.5 Å². The molecule has 0 amide bonds. The Labute approximate surface area is 167 Å². The summed E-state index contributed by atoms with van der Waals surface area (Å²) in [5, 5.41) is 10.5. The second-order valence-electron chi connectivity index (χ2n) is 6.56. The number of ketones is 1. The van der Waals surface area contributed by atoms with Crippen LogP contribution in [0.15, 0.2) is 84.4 Å². The molecule has 29 heavy (non-hydrogen) atoms. The van der Waals surface area contributed by atoms with Crippen LogP contribution in [-0.4, -0.2) is 18.4 Å². The molecule has 0 aliphatic carbocycles. The van der Waals surface area contributed by atoms with E-state index in [0.29, 0.717) is 22.6 Å². The van der Waals surface area contributed by atoms with Crippen LogP contribution in [0.1, 0.15) is 27.6 Å². The van der Waals surface area contributed by atoms with Crippen LogP contribution in [0.4, 0.5) is 0 Å². The molecule has 0 bridgehead atoms. The number of benzene rings is 3. The van der Waals surface area contributed by atoms with Gasteiger partial charge in [-0.1, -0.05) is 54.6 Å². The van der Waals surface area contributed by atoms with Crippen molar-refractivity contribution in [3.63, 3.8) is 0 Å². The van der Waals surface area contributed by atoms with Gasteiger partial charge in [0.05, 0.1) is 11.5 Å². The van der Waals surface area contributed by atoms with E-state index in [2.05, 4.69) is 0 Å². The second kappa shape index (κ2) is 8.02. The van der Waals surface area contributed by atoms with Crippen molar-refractivity contribution in [2.75, 3.05) is 6.61 Å². The molecule has 1 atom stereocenters. The highest BCUT2D eigenvalue weighted by molar-refractivity contribution is 6.14. The summed E-state index contributed by atoms with van der Waals surface area (Å²) in [6.45, 7) is -0.514. The maximum atomic E-state index is 13.2. The van der Waals surface area contributed by atoms with E-state index in [9.17, 15) is 14.7 Å². The van der Waals surface area contributed by atoms with Crippen LogP contribution in [0.5, 0.6) is 11.5 Å². The molecule has 1 aliphatic rings. The number of fused-ring (bicyclic) bond motifs is 1. The Morgan fingerprint density at radius 2 is 1.66 bits per heavy atom. The lowest BCUT2D eigenvalue weighted by atomic mass is 9.89. The summed E-state index contributed by atoms with van der Waals surface area (Å²) in [6, 6.07) is 23.6. The summed E-state index contributed by atoms with van der Waals surface area (Å²) in [4.78, 5) is 23.7. The highest BCUT2D eigenvalue weighted by Gasteiger charge is 2.32. The van der Waals surface area contributed by atoms with Crippen LogP contribution in [-0.2, 0) is 4.79 Å². The van der Waals surface area contributed by atoms with E-state index in [1.165, 1.54) is 0 Å². The van der Waals surface area contributed by atoms with Crippen LogP contribution in [0.3, 0.4) is 0 Å². The van der Waals surface area contributed by atoms with Gasteiger partial charge >= 0.3 is 0 Å². The highest BCUT2D eigenvalue weighted by Crippen LogP contribution is 2.39. The van der Waals surface area contributed by atoms with Crippen molar-refractivity contribution >= 4 is 17.8 Å². The number of carboxylic acids is 1. The largest absolute Gasteiger partial charge is 0.546 e. The van der Waals surface area contributed by atoms with E-state index in [1.54, 1.807) is 42.5 Å². The molecule has 1 aliphatic heterocycles. The van der Waals surface area contributed by atoms with Gasteiger partial charge in [0.15, 0.2) is 11.9 Å². The van der Waals surface area contributed by atoms with Gasteiger partial charge in [-0.05, 0) is 41.5 Å². The van der Waals surface area contributed by atoms with Gasteiger partial charge < -0.3 is 19.4 Å². The molecule has 0 unspecified atom stereocenters. The third-order valence-electron chi connectivity index (χ3n) is 4.58. The summed E-state index contributed by atoms with van der Waals surface area (Å²) in [7, 11) is 0. The predicted molar refractivity (Wildman–Crippen MR) is 106 cm³/mol. The quantitative estimate of drug-likeness (QED) is 0.631. The van der Waals surface area contributed by atoms with Crippen molar-refractivity contribution in [3.05, 3.63) is 101 Å². The number of carbonyl (C=O) groups excluding carboxylic acids is 2. The molecule has 144 valence electrons. The van der Waals surface area contributed by atoms with Crippen LogP contribution in [0.2, 0.25) is 0 Å². The first-order chi connectivity index (χ1) is 14.1. The van der Waals surface area contributed by atoms with E-state index in [0.717, 1.165) is 11.1 Å². The van der Waals surface area contributed by atoms with Gasteiger partial charge in [-0.25, -0.2) is 0 Å². The highest BCUT2D eigenvalue weighted by atomic mass is 16.5. The van der Waals surface area contributed by atoms with Crippen molar-refractivity contribution in [1.29, 1.82) is 0 Å². The lowest BCUT2D eigenvalue weighted by molar-refractivity contribution is -0.307. The number of para-hydroxylation sites is 1. The zero-order valence-corrected chi connectivity index (χ0v) is 15.4. The third kappa shape index (κ3) is 4.04. The zero-order valence-electron chi connectivity index (χ0n) is 15.4. The molecule has 0 spiro atoms. The molecule has 0 saturated heterocycles. The van der Waals surface area contributed by atoms with E-state index in [-0.39, 0.29) is 5.78 Å². The Balaban J connectivity index is 1.70. The minimum absolute atomic E-state index is 0.0852. The topological polar surface area (TPSA) is 75.7 Å². The summed E-state index contributed by atoms with van der Waals surface area (Å²) in [5.74, 6) is -0.398. The number of rotatable bonds is 5. The van der Waals surface area contributed by atoms with Gasteiger partial charge in [0, 0.05) is 5.57 Å². The lowest BCUT2D eigenvalue weighted by Gasteiger charge is -2.28. The molecule has 0 aromatic heterocycles. The Morgan fingerprint density at radius 3 is 2.38 bits per heavy atom. The molecule has 3 aromatic rings. The van der Waals surface area contributed by atoms with Gasteiger partial charge in [-0.15, -0.1) is 0 Å². The summed E-state index contributed by atoms with van der Waals surface area (Å²) in [6.07, 6.45) is 1.27. The SMILES string of the molecule is O=C([O-])COc1ccc(/C=C2/C(=O)c3ccccc3O[C@@H]2c2ccccc2)cc1. The number of Topliss-reactive ketones (excluding diaryl/α,β-unsaturated/α-hetero) is 1. The van der Waals surface area contributed by atoms with E-state index in [4.69, 9.17) is 9.47 Å². The van der Waals surface area contributed by atoms with Crippen LogP contribution in [0, 0.1) is 0 Å². The average Bonchev–Trinajstić information content (AvgIpc) is 2.75. The Morgan fingerprint density at radius 1 is 0.966 bits per heavy atom. The minimum Gasteiger partial charge on any atom is -0.546 e. The fourth-order valence-corrected chi connectivity index (χ4v) is 3.22. The molecule has 0 saturated carbocycles. The van der Waals surface area contributed by atoms with Crippen LogP contribution < -0.4 is 14.6 Å². The Kier molecular flexibility index (Phi) is 5.12. The molecule has 4 rings (SSSR count). The third-order valence-corrected chi connectivity index (χ3v) is 4.58. The first-order valence-electron chi connectivity index (χ1n) is 9.11. The Hall–Kier alpha value is -3.86. The minimum atomic E-state index is -1.29. The predicted octanol–water partition coefficient (Wildman–Crippen LogP) is 3.22. The fraction of sp³-hybridized carbons (Fsp3) is 0.0833. The lowest BCUT2D eigenvalue weighted by Crippen LogP contribution is -2.28. The molecule has 5 heteroatoms. The van der Waals surface area contributed by atoms with Crippen molar-refractivity contribution in [1.82, 2.24) is 0 Å². The standard InChI is InChI=1S/C24H18O5/c25-22(26)15-28-18-12-10-16(11-13-18)14-20-23(27)19-8-4-5-9-21(19)29-24(20)17-6-2-1-3-7-17/h1-14,24H,15H2,(H,25,26)/p-1/b20-14-/t24-/m1/s1. The number of aliphatic carboxylic acids is 1. The molecule has 0 N–H and O–H groups in total. The molecule has 5 nitrogen and oxygen atoms in total. The zero-order chi connectivity index (χ0) is 20.2. The van der Waals surface area contributed by atoms with Crippen LogP contribution in [0.25, 0.3) is 6.08 Å².